The molecule has 0 aliphatic rings. The number of pyridine rings is 1. The highest BCUT2D eigenvalue weighted by Gasteiger charge is 2.25. The Hall–Kier alpha value is -0.230. The van der Waals surface area contributed by atoms with Gasteiger partial charge in [0.05, 0.1) is 17.5 Å². The number of aryl methyl sites for hydroxylation is 1. The zero-order valence-electron chi connectivity index (χ0n) is 8.41. The fourth-order valence-electron chi connectivity index (χ4n) is 1.31. The number of nitrogens with zero attached hydrogens (tertiary/aromatic N) is 1. The second-order valence-corrected chi connectivity index (χ2v) is 4.28. The molecule has 5 heteroatoms. The fourth-order valence-corrected chi connectivity index (χ4v) is 2.00. The third-order valence-electron chi connectivity index (χ3n) is 2.27. The molecule has 0 bridgehead atoms. The molecule has 1 aromatic rings. The van der Waals surface area contributed by atoms with E-state index in [1.54, 1.807) is 12.3 Å². The molecule has 0 radical (unpaired) electrons. The van der Waals surface area contributed by atoms with Crippen LogP contribution < -0.4 is 0 Å². The first-order valence-corrected chi connectivity index (χ1v) is 5.79. The summed E-state index contributed by atoms with van der Waals surface area (Å²) in [6.45, 7) is 1.85. The SMILES string of the molecule is Cc1ncccc1C(S)C(O)C(O)CS. The van der Waals surface area contributed by atoms with Gasteiger partial charge in [0.1, 0.15) is 0 Å². The minimum Gasteiger partial charge on any atom is -0.390 e. The third-order valence-corrected chi connectivity index (χ3v) is 3.23. The molecule has 0 spiro atoms. The standard InChI is InChI=1S/C10H15NO2S2/c1-6-7(3-2-4-11-6)10(15)9(13)8(12)5-14/h2-4,8-10,12-15H,5H2,1H3. The summed E-state index contributed by atoms with van der Waals surface area (Å²) in [4.78, 5) is 4.11. The molecule has 1 rings (SSSR count). The van der Waals surface area contributed by atoms with Crippen molar-refractivity contribution in [1.82, 2.24) is 4.98 Å². The lowest BCUT2D eigenvalue weighted by molar-refractivity contribution is 0.0334. The van der Waals surface area contributed by atoms with Gasteiger partial charge in [0, 0.05) is 17.6 Å². The smallest absolute Gasteiger partial charge is 0.0964 e. The van der Waals surface area contributed by atoms with E-state index in [1.165, 1.54) is 0 Å². The number of aliphatic hydroxyl groups is 2. The molecule has 0 saturated carbocycles. The van der Waals surface area contributed by atoms with Gasteiger partial charge in [-0.15, -0.1) is 0 Å². The van der Waals surface area contributed by atoms with Crippen LogP contribution in [0.15, 0.2) is 18.3 Å². The summed E-state index contributed by atoms with van der Waals surface area (Å²) in [6, 6.07) is 3.62. The van der Waals surface area contributed by atoms with Gasteiger partial charge in [0.25, 0.3) is 0 Å². The molecular formula is C10H15NO2S2. The maximum absolute atomic E-state index is 9.76. The molecule has 1 aromatic heterocycles. The summed E-state index contributed by atoms with van der Waals surface area (Å²) < 4.78 is 0. The van der Waals surface area contributed by atoms with E-state index < -0.39 is 17.5 Å². The third kappa shape index (κ3) is 3.11. The van der Waals surface area contributed by atoms with Crippen molar-refractivity contribution in [1.29, 1.82) is 0 Å². The largest absolute Gasteiger partial charge is 0.390 e. The van der Waals surface area contributed by atoms with E-state index in [0.717, 1.165) is 11.3 Å². The predicted molar refractivity (Wildman–Crippen MR) is 66.6 cm³/mol. The molecule has 2 N–H and O–H groups in total. The van der Waals surface area contributed by atoms with E-state index in [2.05, 4.69) is 30.2 Å². The Kier molecular flexibility index (Phi) is 4.92. The number of aromatic nitrogens is 1. The predicted octanol–water partition coefficient (Wildman–Crippen LogP) is 1.01. The van der Waals surface area contributed by atoms with Crippen molar-refractivity contribution in [2.75, 3.05) is 5.75 Å². The molecule has 0 saturated heterocycles. The Bertz CT molecular complexity index is 322. The number of rotatable bonds is 4. The van der Waals surface area contributed by atoms with Crippen LogP contribution in [0.2, 0.25) is 0 Å². The van der Waals surface area contributed by atoms with Gasteiger partial charge >= 0.3 is 0 Å². The Balaban J connectivity index is 2.85. The normalized spacial score (nSPS) is 17.1. The molecule has 84 valence electrons. The van der Waals surface area contributed by atoms with Crippen molar-refractivity contribution in [3.63, 3.8) is 0 Å². The molecule has 0 fully saturated rings. The molecule has 3 atom stereocenters. The van der Waals surface area contributed by atoms with E-state index in [4.69, 9.17) is 0 Å². The summed E-state index contributed by atoms with van der Waals surface area (Å²) in [6.07, 6.45) is -0.134. The number of aliphatic hydroxyl groups excluding tert-OH is 2. The minimum absolute atomic E-state index is 0.206. The molecule has 0 amide bonds. The van der Waals surface area contributed by atoms with Crippen LogP contribution in [0.5, 0.6) is 0 Å². The number of thiol groups is 2. The summed E-state index contributed by atoms with van der Waals surface area (Å²) >= 11 is 8.22. The van der Waals surface area contributed by atoms with Gasteiger partial charge in [-0.1, -0.05) is 6.07 Å². The summed E-state index contributed by atoms with van der Waals surface area (Å²) in [5, 5.41) is 18.8. The first kappa shape index (κ1) is 12.8. The summed E-state index contributed by atoms with van der Waals surface area (Å²) in [5.74, 6) is 0.206. The van der Waals surface area contributed by atoms with Gasteiger partial charge in [-0.3, -0.25) is 4.98 Å². The van der Waals surface area contributed by atoms with Crippen LogP contribution in [-0.4, -0.2) is 33.2 Å². The second-order valence-electron chi connectivity index (χ2n) is 3.36. The number of hydrogen-bond acceptors (Lipinski definition) is 5. The van der Waals surface area contributed by atoms with Gasteiger partial charge in [0.15, 0.2) is 0 Å². The van der Waals surface area contributed by atoms with E-state index >= 15 is 0 Å². The van der Waals surface area contributed by atoms with Crippen molar-refractivity contribution < 1.29 is 10.2 Å². The average Bonchev–Trinajstić information content (AvgIpc) is 2.26. The molecule has 0 aliphatic heterocycles. The van der Waals surface area contributed by atoms with Crippen LogP contribution in [0, 0.1) is 6.92 Å². The van der Waals surface area contributed by atoms with Crippen LogP contribution in [0.4, 0.5) is 0 Å². The monoisotopic (exact) mass is 245 g/mol. The maximum Gasteiger partial charge on any atom is 0.0964 e. The van der Waals surface area contributed by atoms with E-state index in [9.17, 15) is 10.2 Å². The van der Waals surface area contributed by atoms with Crippen molar-refractivity contribution in [3.8, 4) is 0 Å². The maximum atomic E-state index is 9.76. The van der Waals surface area contributed by atoms with Crippen LogP contribution in [-0.2, 0) is 0 Å². The molecule has 0 aliphatic carbocycles. The molecule has 3 nitrogen and oxygen atoms in total. The lowest BCUT2D eigenvalue weighted by Gasteiger charge is -2.23. The quantitative estimate of drug-likeness (QED) is 0.599. The molecule has 3 unspecified atom stereocenters. The summed E-state index contributed by atoms with van der Waals surface area (Å²) in [7, 11) is 0. The highest BCUT2D eigenvalue weighted by Crippen LogP contribution is 2.27. The van der Waals surface area contributed by atoms with Crippen LogP contribution in [0.3, 0.4) is 0 Å². The average molecular weight is 245 g/mol. The van der Waals surface area contributed by atoms with Gasteiger partial charge in [0.2, 0.25) is 0 Å². The van der Waals surface area contributed by atoms with Gasteiger partial charge in [-0.25, -0.2) is 0 Å². The Morgan fingerprint density at radius 1 is 1.47 bits per heavy atom. The first-order chi connectivity index (χ1) is 7.07. The van der Waals surface area contributed by atoms with Crippen molar-refractivity contribution in [2.24, 2.45) is 0 Å². The number of hydrogen-bond donors (Lipinski definition) is 4. The second kappa shape index (κ2) is 5.75. The van der Waals surface area contributed by atoms with E-state index in [-0.39, 0.29) is 5.75 Å². The topological polar surface area (TPSA) is 53.4 Å². The Labute approximate surface area is 100 Å². The van der Waals surface area contributed by atoms with Crippen molar-refractivity contribution in [3.05, 3.63) is 29.6 Å². The Morgan fingerprint density at radius 2 is 2.13 bits per heavy atom. The van der Waals surface area contributed by atoms with Gasteiger partial charge in [-0.2, -0.15) is 25.3 Å². The van der Waals surface area contributed by atoms with Crippen LogP contribution in [0.1, 0.15) is 16.5 Å². The highest BCUT2D eigenvalue weighted by atomic mass is 32.1. The lowest BCUT2D eigenvalue weighted by atomic mass is 10.0. The highest BCUT2D eigenvalue weighted by molar-refractivity contribution is 7.80. The fraction of sp³-hybridized carbons (Fsp3) is 0.500. The zero-order valence-corrected chi connectivity index (χ0v) is 10.2. The molecule has 1 heterocycles. The van der Waals surface area contributed by atoms with Crippen LogP contribution in [0.25, 0.3) is 0 Å². The van der Waals surface area contributed by atoms with E-state index in [0.29, 0.717) is 0 Å². The van der Waals surface area contributed by atoms with Crippen molar-refractivity contribution >= 4 is 25.3 Å². The zero-order chi connectivity index (χ0) is 11.4. The molecule has 0 aromatic carbocycles. The van der Waals surface area contributed by atoms with Crippen LogP contribution >= 0.6 is 25.3 Å². The van der Waals surface area contributed by atoms with Gasteiger partial charge in [-0.05, 0) is 18.6 Å². The first-order valence-electron chi connectivity index (χ1n) is 4.64. The molecular weight excluding hydrogens is 230 g/mol. The lowest BCUT2D eigenvalue weighted by Crippen LogP contribution is -2.31. The molecule has 15 heavy (non-hydrogen) atoms. The van der Waals surface area contributed by atoms with Gasteiger partial charge < -0.3 is 10.2 Å². The minimum atomic E-state index is -0.936. The Morgan fingerprint density at radius 3 is 2.67 bits per heavy atom. The van der Waals surface area contributed by atoms with Crippen molar-refractivity contribution in [2.45, 2.75) is 24.4 Å². The van der Waals surface area contributed by atoms with E-state index in [1.807, 2.05) is 13.0 Å². The summed E-state index contributed by atoms with van der Waals surface area (Å²) in [5.41, 5.74) is 1.64.